The van der Waals surface area contributed by atoms with E-state index in [2.05, 4.69) is 20.2 Å². The first-order valence-corrected chi connectivity index (χ1v) is 12.6. The van der Waals surface area contributed by atoms with Gasteiger partial charge in [0.1, 0.15) is 16.4 Å². The fourth-order valence-electron chi connectivity index (χ4n) is 3.64. The first-order chi connectivity index (χ1) is 16.5. The number of nitrogens with one attached hydrogen (secondary N) is 1. The largest absolute Gasteiger partial charge is 0.494 e. The number of thiophene rings is 1. The van der Waals surface area contributed by atoms with E-state index in [0.29, 0.717) is 34.6 Å². The normalized spacial score (nSPS) is 11.3. The number of pyridine rings is 1. The third-order valence-corrected chi connectivity index (χ3v) is 7.45. The summed E-state index contributed by atoms with van der Waals surface area (Å²) in [6.45, 7) is 6.53. The number of benzene rings is 1. The molecule has 0 spiro atoms. The third-order valence-electron chi connectivity index (χ3n) is 5.40. The Balaban J connectivity index is 1.51. The second-order valence-electron chi connectivity index (χ2n) is 7.57. The zero-order valence-corrected chi connectivity index (χ0v) is 20.5. The predicted octanol–water partition coefficient (Wildman–Crippen LogP) is 4.94. The van der Waals surface area contributed by atoms with Crippen molar-refractivity contribution in [2.45, 2.75) is 31.7 Å². The molecule has 5 rings (SSSR count). The predicted molar refractivity (Wildman–Crippen MR) is 135 cm³/mol. The highest BCUT2D eigenvalue weighted by Crippen LogP contribution is 2.31. The van der Waals surface area contributed by atoms with E-state index < -0.39 is 0 Å². The molecule has 0 aliphatic carbocycles. The Kier molecular flexibility index (Phi) is 6.16. The second-order valence-corrected chi connectivity index (χ2v) is 9.71. The number of aryl methyl sites for hydroxylation is 2. The molecule has 0 fully saturated rings. The maximum absolute atomic E-state index is 12.7. The average Bonchev–Trinajstić information content (AvgIpc) is 3.40. The van der Waals surface area contributed by atoms with Gasteiger partial charge in [0.15, 0.2) is 11.0 Å². The molecule has 1 N–H and O–H groups in total. The van der Waals surface area contributed by atoms with Crippen LogP contribution < -0.4 is 10.3 Å². The lowest BCUT2D eigenvalue weighted by atomic mass is 10.2. The van der Waals surface area contributed by atoms with Crippen LogP contribution in [0.2, 0.25) is 0 Å². The van der Waals surface area contributed by atoms with Crippen molar-refractivity contribution < 1.29 is 4.74 Å². The summed E-state index contributed by atoms with van der Waals surface area (Å²) >= 11 is 3.01. The van der Waals surface area contributed by atoms with Crippen LogP contribution in [-0.4, -0.2) is 36.3 Å². The summed E-state index contributed by atoms with van der Waals surface area (Å²) < 4.78 is 7.58. The SMILES string of the molecule is CCOc1ccc(-n2c(SCc3nc4sc(C)c(C)c4c(=O)[nH]3)nnc2-c2ccncc2)cc1. The summed E-state index contributed by atoms with van der Waals surface area (Å²) in [5.74, 6) is 2.56. The van der Waals surface area contributed by atoms with E-state index in [0.717, 1.165) is 32.3 Å². The summed E-state index contributed by atoms with van der Waals surface area (Å²) in [5.41, 5.74) is 2.70. The minimum Gasteiger partial charge on any atom is -0.494 e. The van der Waals surface area contributed by atoms with Gasteiger partial charge in [0.25, 0.3) is 5.56 Å². The molecule has 5 aromatic rings. The third kappa shape index (κ3) is 4.22. The quantitative estimate of drug-likeness (QED) is 0.323. The number of nitrogens with zero attached hydrogens (tertiary/aromatic N) is 5. The molecular weight excluding hydrogens is 468 g/mol. The van der Waals surface area contributed by atoms with E-state index >= 15 is 0 Å². The smallest absolute Gasteiger partial charge is 0.259 e. The Hall–Kier alpha value is -3.50. The standard InChI is InChI=1S/C24H22N6O2S2/c1-4-32-18-7-5-17(6-8-18)30-21(16-9-11-25-12-10-16)28-29-24(30)33-13-19-26-22(31)20-14(2)15(3)34-23(20)27-19/h5-12H,4,13H2,1-3H3,(H,26,27,31). The van der Waals surface area contributed by atoms with Gasteiger partial charge in [0.05, 0.1) is 17.7 Å². The van der Waals surface area contributed by atoms with Crippen molar-refractivity contribution in [3.8, 4) is 22.8 Å². The number of fused-ring (bicyclic) bond motifs is 1. The highest BCUT2D eigenvalue weighted by Gasteiger charge is 2.18. The van der Waals surface area contributed by atoms with Crippen molar-refractivity contribution in [3.63, 3.8) is 0 Å². The minimum atomic E-state index is -0.104. The minimum absolute atomic E-state index is 0.104. The molecule has 0 unspecified atom stereocenters. The van der Waals surface area contributed by atoms with Crippen LogP contribution in [0.25, 0.3) is 27.3 Å². The summed E-state index contributed by atoms with van der Waals surface area (Å²) in [5, 5.41) is 10.3. The van der Waals surface area contributed by atoms with Crippen LogP contribution >= 0.6 is 23.1 Å². The van der Waals surface area contributed by atoms with Gasteiger partial charge in [-0.25, -0.2) is 4.98 Å². The fourth-order valence-corrected chi connectivity index (χ4v) is 5.51. The summed E-state index contributed by atoms with van der Waals surface area (Å²) in [6.07, 6.45) is 3.46. The van der Waals surface area contributed by atoms with Crippen molar-refractivity contribution in [1.29, 1.82) is 0 Å². The molecule has 0 amide bonds. The molecule has 0 atom stereocenters. The van der Waals surface area contributed by atoms with Crippen LogP contribution in [0.15, 0.2) is 58.7 Å². The summed E-state index contributed by atoms with van der Waals surface area (Å²) in [6, 6.07) is 11.6. The number of aromatic amines is 1. The Bertz CT molecular complexity index is 1510. The average molecular weight is 491 g/mol. The lowest BCUT2D eigenvalue weighted by Crippen LogP contribution is -2.11. The van der Waals surface area contributed by atoms with Crippen LogP contribution in [0.1, 0.15) is 23.2 Å². The Morgan fingerprint density at radius 1 is 1.09 bits per heavy atom. The van der Waals surface area contributed by atoms with E-state index in [1.807, 2.05) is 61.7 Å². The lowest BCUT2D eigenvalue weighted by Gasteiger charge is -2.11. The molecule has 8 nitrogen and oxygen atoms in total. The lowest BCUT2D eigenvalue weighted by molar-refractivity contribution is 0.340. The van der Waals surface area contributed by atoms with Crippen molar-refractivity contribution in [3.05, 3.63) is 75.4 Å². The number of ether oxygens (including phenoxy) is 1. The van der Waals surface area contributed by atoms with Crippen LogP contribution in [0.5, 0.6) is 5.75 Å². The molecule has 10 heteroatoms. The molecule has 1 aromatic carbocycles. The van der Waals surface area contributed by atoms with Gasteiger partial charge >= 0.3 is 0 Å². The molecule has 34 heavy (non-hydrogen) atoms. The van der Waals surface area contributed by atoms with Crippen molar-refractivity contribution >= 4 is 33.3 Å². The Morgan fingerprint density at radius 3 is 2.59 bits per heavy atom. The van der Waals surface area contributed by atoms with Crippen LogP contribution in [0, 0.1) is 13.8 Å². The number of aromatic nitrogens is 6. The zero-order valence-electron chi connectivity index (χ0n) is 18.9. The highest BCUT2D eigenvalue weighted by atomic mass is 32.2. The van der Waals surface area contributed by atoms with Gasteiger partial charge in [-0.2, -0.15) is 0 Å². The molecule has 0 aliphatic rings. The topological polar surface area (TPSA) is 98.6 Å². The van der Waals surface area contributed by atoms with E-state index in [9.17, 15) is 4.79 Å². The van der Waals surface area contributed by atoms with E-state index in [1.54, 1.807) is 23.7 Å². The Labute approximate surface area is 204 Å². The van der Waals surface area contributed by atoms with Crippen LogP contribution in [0.4, 0.5) is 0 Å². The van der Waals surface area contributed by atoms with Gasteiger partial charge in [-0.15, -0.1) is 21.5 Å². The first-order valence-electron chi connectivity index (χ1n) is 10.8. The monoisotopic (exact) mass is 490 g/mol. The number of H-pyrrole nitrogens is 1. The van der Waals surface area contributed by atoms with Gasteiger partial charge in [-0.3, -0.25) is 14.3 Å². The fraction of sp³-hybridized carbons (Fsp3) is 0.208. The zero-order chi connectivity index (χ0) is 23.7. The van der Waals surface area contributed by atoms with Gasteiger partial charge in [0.2, 0.25) is 0 Å². The number of thioether (sulfide) groups is 1. The molecule has 0 bridgehead atoms. The van der Waals surface area contributed by atoms with Crippen LogP contribution in [-0.2, 0) is 5.75 Å². The van der Waals surface area contributed by atoms with Crippen molar-refractivity contribution in [2.24, 2.45) is 0 Å². The molecular formula is C24H22N6O2S2. The summed E-state index contributed by atoms with van der Waals surface area (Å²) in [7, 11) is 0. The maximum Gasteiger partial charge on any atom is 0.259 e. The molecule has 0 aliphatic heterocycles. The van der Waals surface area contributed by atoms with E-state index in [-0.39, 0.29) is 5.56 Å². The van der Waals surface area contributed by atoms with Gasteiger partial charge in [-0.05, 0) is 62.7 Å². The molecule has 0 saturated heterocycles. The van der Waals surface area contributed by atoms with E-state index in [4.69, 9.17) is 9.72 Å². The highest BCUT2D eigenvalue weighted by molar-refractivity contribution is 7.98. The molecule has 0 radical (unpaired) electrons. The maximum atomic E-state index is 12.7. The van der Waals surface area contributed by atoms with Crippen LogP contribution in [0.3, 0.4) is 0 Å². The van der Waals surface area contributed by atoms with Gasteiger partial charge in [0, 0.05) is 28.5 Å². The summed E-state index contributed by atoms with van der Waals surface area (Å²) in [4.78, 5) is 26.3. The molecule has 0 saturated carbocycles. The number of rotatable bonds is 7. The molecule has 4 aromatic heterocycles. The molecule has 4 heterocycles. The number of hydrogen-bond acceptors (Lipinski definition) is 8. The van der Waals surface area contributed by atoms with Gasteiger partial charge < -0.3 is 9.72 Å². The van der Waals surface area contributed by atoms with Crippen molar-refractivity contribution in [1.82, 2.24) is 29.7 Å². The Morgan fingerprint density at radius 2 is 1.85 bits per heavy atom. The first kappa shape index (κ1) is 22.3. The second kappa shape index (κ2) is 9.40. The van der Waals surface area contributed by atoms with Gasteiger partial charge in [-0.1, -0.05) is 11.8 Å². The molecule has 172 valence electrons. The number of hydrogen-bond donors (Lipinski definition) is 1. The van der Waals surface area contributed by atoms with E-state index in [1.165, 1.54) is 11.8 Å². The van der Waals surface area contributed by atoms with Crippen molar-refractivity contribution in [2.75, 3.05) is 6.61 Å².